The highest BCUT2D eigenvalue weighted by Gasteiger charge is 2.26. The van der Waals surface area contributed by atoms with Crippen LogP contribution in [0.1, 0.15) is 34.6 Å². The van der Waals surface area contributed by atoms with E-state index in [0.29, 0.717) is 21.4 Å². The maximum absolute atomic E-state index is 13.4. The van der Waals surface area contributed by atoms with Gasteiger partial charge in [-0.05, 0) is 98.8 Å². The van der Waals surface area contributed by atoms with Gasteiger partial charge in [0, 0.05) is 23.1 Å². The van der Waals surface area contributed by atoms with Gasteiger partial charge in [0.15, 0.2) is 17.6 Å². The van der Waals surface area contributed by atoms with Gasteiger partial charge in [0.1, 0.15) is 5.75 Å². The van der Waals surface area contributed by atoms with Crippen LogP contribution in [-0.2, 0) is 19.2 Å². The molecule has 5 aromatic rings. The second-order valence-corrected chi connectivity index (χ2v) is 15.6. The van der Waals surface area contributed by atoms with E-state index in [2.05, 4.69) is 41.7 Å². The lowest BCUT2D eigenvalue weighted by molar-refractivity contribution is -0.127. The van der Waals surface area contributed by atoms with Crippen molar-refractivity contribution in [1.82, 2.24) is 0 Å². The van der Waals surface area contributed by atoms with E-state index < -0.39 is 53.3 Å². The first-order valence-corrected chi connectivity index (χ1v) is 20.6. The van der Waals surface area contributed by atoms with E-state index in [1.807, 2.05) is 0 Å². The van der Waals surface area contributed by atoms with Gasteiger partial charge in [0.2, 0.25) is 12.1 Å². The van der Waals surface area contributed by atoms with Crippen LogP contribution >= 0.6 is 81.2 Å². The summed E-state index contributed by atoms with van der Waals surface area (Å²) in [6, 6.07) is 17.5. The highest BCUT2D eigenvalue weighted by atomic mass is 35.5. The Morgan fingerprint density at radius 1 is 0.508 bits per heavy atom. The predicted octanol–water partition coefficient (Wildman–Crippen LogP) is 12.0. The normalized spacial score (nSPS) is 12.1. The Bertz CT molecular complexity index is 2700. The number of halogens is 7. The molecular formula is C41H29Cl7N8O7. The van der Waals surface area contributed by atoms with Crippen LogP contribution in [0.5, 0.6) is 5.75 Å². The molecule has 0 aliphatic rings. The first kappa shape index (κ1) is 48.4. The predicted molar refractivity (Wildman–Crippen MR) is 245 cm³/mol. The average molecular weight is 994 g/mol. The van der Waals surface area contributed by atoms with Crippen molar-refractivity contribution in [2.45, 2.75) is 25.9 Å². The molecule has 0 fully saturated rings. The summed E-state index contributed by atoms with van der Waals surface area (Å²) >= 11 is 42.4. The van der Waals surface area contributed by atoms with Gasteiger partial charge in [0.25, 0.3) is 23.6 Å². The molecule has 2 unspecified atom stereocenters. The minimum atomic E-state index is -1.66. The van der Waals surface area contributed by atoms with Crippen LogP contribution in [0.2, 0.25) is 30.1 Å². The first-order chi connectivity index (χ1) is 29.9. The van der Waals surface area contributed by atoms with Gasteiger partial charge in [-0.3, -0.25) is 28.8 Å². The highest BCUT2D eigenvalue weighted by molar-refractivity contribution is 6.43. The van der Waals surface area contributed by atoms with Crippen molar-refractivity contribution in [3.8, 4) is 5.75 Å². The van der Waals surface area contributed by atoms with Crippen LogP contribution in [0.4, 0.5) is 34.1 Å². The van der Waals surface area contributed by atoms with E-state index in [1.165, 1.54) is 78.9 Å². The number of ether oxygens (including phenoxy) is 1. The molecule has 0 aliphatic heterocycles. The molecule has 5 rings (SSSR count). The van der Waals surface area contributed by atoms with Gasteiger partial charge in [-0.15, -0.1) is 0 Å². The number of nitrogens with zero attached hydrogens (tertiary/aromatic N) is 4. The number of nitrogens with one attached hydrogen (secondary N) is 4. The van der Waals surface area contributed by atoms with Crippen molar-refractivity contribution < 1.29 is 33.5 Å². The number of rotatable bonds is 16. The third-order valence-electron chi connectivity index (χ3n) is 8.31. The Kier molecular flexibility index (Phi) is 17.0. The van der Waals surface area contributed by atoms with Crippen LogP contribution in [0.15, 0.2) is 111 Å². The number of hydrogen-bond acceptors (Lipinski definition) is 11. The molecule has 0 spiro atoms. The highest BCUT2D eigenvalue weighted by Crippen LogP contribution is 2.32. The van der Waals surface area contributed by atoms with Gasteiger partial charge < -0.3 is 26.0 Å². The van der Waals surface area contributed by atoms with E-state index >= 15 is 0 Å². The summed E-state index contributed by atoms with van der Waals surface area (Å²) in [5, 5.41) is 27.4. The van der Waals surface area contributed by atoms with E-state index in [9.17, 15) is 28.8 Å². The lowest BCUT2D eigenvalue weighted by Crippen LogP contribution is -2.32. The fourth-order valence-corrected chi connectivity index (χ4v) is 6.34. The lowest BCUT2D eigenvalue weighted by Gasteiger charge is -2.15. The molecule has 0 bridgehead atoms. The maximum atomic E-state index is 13.4. The van der Waals surface area contributed by atoms with Crippen molar-refractivity contribution in [2.75, 3.05) is 27.3 Å². The van der Waals surface area contributed by atoms with Gasteiger partial charge in [-0.25, -0.2) is 0 Å². The van der Waals surface area contributed by atoms with Crippen molar-refractivity contribution in [3.63, 3.8) is 0 Å². The van der Waals surface area contributed by atoms with E-state index in [4.69, 9.17) is 85.9 Å². The number of amides is 4. The number of azo groups is 2. The number of ketones is 2. The minimum Gasteiger partial charge on any atom is -0.476 e. The minimum absolute atomic E-state index is 0.00935. The summed E-state index contributed by atoms with van der Waals surface area (Å²) in [6.45, 7) is 2.26. The van der Waals surface area contributed by atoms with Gasteiger partial charge in [-0.2, -0.15) is 20.5 Å². The molecule has 15 nitrogen and oxygen atoms in total. The Hall–Kier alpha value is -5.65. The molecule has 2 atom stereocenters. The number of anilines is 4. The molecule has 4 amide bonds. The molecule has 0 aromatic heterocycles. The zero-order valence-electron chi connectivity index (χ0n) is 32.3. The molecule has 0 radical (unpaired) electrons. The van der Waals surface area contributed by atoms with E-state index in [0.717, 1.165) is 13.8 Å². The Morgan fingerprint density at radius 2 is 0.921 bits per heavy atom. The fourth-order valence-electron chi connectivity index (χ4n) is 5.22. The average Bonchev–Trinajstić information content (AvgIpc) is 3.22. The number of hydrogen-bond donors (Lipinski definition) is 4. The number of benzene rings is 5. The number of alkyl halides is 1. The molecule has 63 heavy (non-hydrogen) atoms. The molecule has 5 aromatic carbocycles. The SMILES string of the molecule is CC(=O)C(N=Nc1ccc(Cl)c(C(=O)Nc2ccc(Cl)c(Cl)c2)c1)C(=O)Nc1ccc(NC(=O)C(N=Nc2ccc(Cl)c(C(=O)Nc3ccc(Cl)c(Cl)c3)c2)C(C)=O)c(OCCl)c1. The number of carbonyl (C=O) groups excluding carboxylic acids is 6. The van der Waals surface area contributed by atoms with Crippen LogP contribution < -0.4 is 26.0 Å². The quantitative estimate of drug-likeness (QED) is 0.0426. The second kappa shape index (κ2) is 22.1. The smallest absolute Gasteiger partial charge is 0.258 e. The van der Waals surface area contributed by atoms with Gasteiger partial charge in [-0.1, -0.05) is 81.2 Å². The lowest BCUT2D eigenvalue weighted by atomic mass is 10.1. The fraction of sp³-hybridized carbons (Fsp3) is 0.122. The third kappa shape index (κ3) is 13.2. The Morgan fingerprint density at radius 3 is 1.35 bits per heavy atom. The second-order valence-electron chi connectivity index (χ2n) is 12.9. The molecule has 0 aliphatic carbocycles. The third-order valence-corrected chi connectivity index (χ3v) is 10.6. The molecule has 22 heteroatoms. The maximum Gasteiger partial charge on any atom is 0.258 e. The van der Waals surface area contributed by atoms with E-state index in [-0.39, 0.29) is 59.7 Å². The first-order valence-electron chi connectivity index (χ1n) is 17.8. The summed E-state index contributed by atoms with van der Waals surface area (Å²) in [4.78, 5) is 77.8. The van der Waals surface area contributed by atoms with Crippen molar-refractivity contribution in [2.24, 2.45) is 20.5 Å². The standard InChI is InChI=1S/C41H29Cl7N8O7/c1-19(57)36(55-53-24-5-8-28(43)26(13-24)38(59)49-21-3-10-30(45)32(47)15-21)40(61)51-23-7-12-34(35(17-23)63-18-42)52-41(62)37(20(2)58)56-54-25-6-9-29(44)27(14-25)39(60)50-22-4-11-31(46)33(48)16-22/h3-17,36-37H,18H2,1-2H3,(H,49,59)(H,50,60)(H,51,61)(H,52,62). The van der Waals surface area contributed by atoms with Gasteiger partial charge in [0.05, 0.1) is 58.3 Å². The van der Waals surface area contributed by atoms with Crippen molar-refractivity contribution in [1.29, 1.82) is 0 Å². The summed E-state index contributed by atoms with van der Waals surface area (Å²) in [7, 11) is 0. The van der Waals surface area contributed by atoms with Crippen LogP contribution in [-0.4, -0.2) is 53.3 Å². The number of Topliss-reactive ketones (excluding diaryl/α,β-unsaturated/α-hetero) is 2. The molecule has 4 N–H and O–H groups in total. The monoisotopic (exact) mass is 990 g/mol. The molecule has 0 saturated carbocycles. The van der Waals surface area contributed by atoms with Gasteiger partial charge >= 0.3 is 0 Å². The van der Waals surface area contributed by atoms with Crippen LogP contribution in [0.3, 0.4) is 0 Å². The van der Waals surface area contributed by atoms with Crippen LogP contribution in [0.25, 0.3) is 0 Å². The zero-order valence-corrected chi connectivity index (χ0v) is 37.6. The summed E-state index contributed by atoms with van der Waals surface area (Å²) < 4.78 is 5.46. The molecule has 0 saturated heterocycles. The summed E-state index contributed by atoms with van der Waals surface area (Å²) in [6.07, 6.45) is 0. The van der Waals surface area contributed by atoms with Crippen molar-refractivity contribution >= 4 is 151 Å². The Labute approximate surface area is 393 Å². The summed E-state index contributed by atoms with van der Waals surface area (Å²) in [5.74, 6) is -4.42. The Balaban J connectivity index is 1.27. The molecular weight excluding hydrogens is 965 g/mol. The molecule has 0 heterocycles. The largest absolute Gasteiger partial charge is 0.476 e. The number of carbonyl (C=O) groups is 6. The van der Waals surface area contributed by atoms with E-state index in [1.54, 1.807) is 12.1 Å². The zero-order chi connectivity index (χ0) is 46.0. The van der Waals surface area contributed by atoms with Crippen LogP contribution in [0, 0.1) is 0 Å². The molecule has 324 valence electrons. The summed E-state index contributed by atoms with van der Waals surface area (Å²) in [5.41, 5.74) is 1.02. The van der Waals surface area contributed by atoms with Crippen molar-refractivity contribution in [3.05, 3.63) is 132 Å². The topological polar surface area (TPSA) is 209 Å².